The van der Waals surface area contributed by atoms with Crippen molar-refractivity contribution in [3.63, 3.8) is 0 Å². The average molecular weight is 534 g/mol. The summed E-state index contributed by atoms with van der Waals surface area (Å²) in [5.41, 5.74) is 2.88. The van der Waals surface area contributed by atoms with E-state index in [9.17, 15) is 26.4 Å². The summed E-state index contributed by atoms with van der Waals surface area (Å²) < 4.78 is 68.3. The fraction of sp³-hybridized carbons (Fsp3) is 0.208. The third kappa shape index (κ3) is 6.55. The number of carbonyl (C=O) groups is 1. The van der Waals surface area contributed by atoms with Gasteiger partial charge in [-0.2, -0.15) is 18.2 Å². The van der Waals surface area contributed by atoms with Crippen LogP contribution in [-0.4, -0.2) is 48.0 Å². The molecule has 0 fully saturated rings. The Morgan fingerprint density at radius 1 is 1.05 bits per heavy atom. The SMILES string of the molecule is CCC(=O)Nc1ccc(-c2ccc3nc(Nc4ccc(S(C)(=O)=O)cc4OCC(F)(F)F)nn3c2)cc1. The molecule has 0 saturated heterocycles. The lowest BCUT2D eigenvalue weighted by molar-refractivity contribution is -0.153. The second kappa shape index (κ2) is 10.1. The van der Waals surface area contributed by atoms with Crippen molar-refractivity contribution in [2.24, 2.45) is 0 Å². The van der Waals surface area contributed by atoms with Gasteiger partial charge in [-0.1, -0.05) is 19.1 Å². The maximum Gasteiger partial charge on any atom is 0.422 e. The number of halogens is 3. The summed E-state index contributed by atoms with van der Waals surface area (Å²) in [6.45, 7) is 0.166. The third-order valence-electron chi connectivity index (χ3n) is 5.17. The van der Waals surface area contributed by atoms with Crippen molar-refractivity contribution in [1.29, 1.82) is 0 Å². The van der Waals surface area contributed by atoms with Crippen LogP contribution >= 0.6 is 0 Å². The number of fused-ring (bicyclic) bond motifs is 1. The van der Waals surface area contributed by atoms with Crippen LogP contribution in [0.1, 0.15) is 13.3 Å². The first-order chi connectivity index (χ1) is 17.4. The molecule has 4 aromatic rings. The van der Waals surface area contributed by atoms with Gasteiger partial charge < -0.3 is 15.4 Å². The van der Waals surface area contributed by atoms with Gasteiger partial charge in [0.1, 0.15) is 5.75 Å². The number of alkyl halides is 3. The number of sulfone groups is 1. The molecular weight excluding hydrogens is 511 g/mol. The van der Waals surface area contributed by atoms with Crippen molar-refractivity contribution in [2.45, 2.75) is 24.4 Å². The highest BCUT2D eigenvalue weighted by Gasteiger charge is 2.29. The molecule has 194 valence electrons. The summed E-state index contributed by atoms with van der Waals surface area (Å²) in [7, 11) is -3.68. The van der Waals surface area contributed by atoms with E-state index in [0.29, 0.717) is 17.8 Å². The molecule has 1 amide bonds. The van der Waals surface area contributed by atoms with Gasteiger partial charge >= 0.3 is 6.18 Å². The molecule has 0 saturated carbocycles. The molecule has 4 rings (SSSR count). The molecule has 2 aromatic heterocycles. The monoisotopic (exact) mass is 533 g/mol. The quantitative estimate of drug-likeness (QED) is 0.333. The Labute approximate surface area is 210 Å². The van der Waals surface area contributed by atoms with E-state index in [0.717, 1.165) is 23.4 Å². The average Bonchev–Trinajstić information content (AvgIpc) is 3.24. The molecule has 0 atom stereocenters. The fourth-order valence-corrected chi connectivity index (χ4v) is 3.97. The zero-order valence-corrected chi connectivity index (χ0v) is 20.5. The van der Waals surface area contributed by atoms with E-state index in [4.69, 9.17) is 4.74 Å². The van der Waals surface area contributed by atoms with Crippen LogP contribution < -0.4 is 15.4 Å². The molecule has 2 aromatic carbocycles. The molecule has 13 heteroatoms. The minimum atomic E-state index is -4.62. The Morgan fingerprint density at radius 2 is 1.76 bits per heavy atom. The Kier molecular flexibility index (Phi) is 7.07. The number of nitrogens with one attached hydrogen (secondary N) is 2. The lowest BCUT2D eigenvalue weighted by atomic mass is 10.1. The van der Waals surface area contributed by atoms with Crippen LogP contribution in [0.5, 0.6) is 5.75 Å². The Hall–Kier alpha value is -4.13. The van der Waals surface area contributed by atoms with Crippen LogP contribution in [0.25, 0.3) is 16.8 Å². The van der Waals surface area contributed by atoms with Crippen LogP contribution in [0.3, 0.4) is 0 Å². The van der Waals surface area contributed by atoms with Gasteiger partial charge in [-0.05, 0) is 42.0 Å². The normalized spacial score (nSPS) is 11.9. The number of pyridine rings is 1. The molecule has 2 N–H and O–H groups in total. The Balaban J connectivity index is 1.59. The number of nitrogens with zero attached hydrogens (tertiary/aromatic N) is 3. The summed E-state index contributed by atoms with van der Waals surface area (Å²) in [6.07, 6.45) is -1.57. The summed E-state index contributed by atoms with van der Waals surface area (Å²) in [5, 5.41) is 9.90. The first kappa shape index (κ1) is 25.9. The predicted octanol–water partition coefficient (Wildman–Crippen LogP) is 4.83. The van der Waals surface area contributed by atoms with Crippen LogP contribution in [0.2, 0.25) is 0 Å². The number of ether oxygens (including phenoxy) is 1. The molecule has 0 unspecified atom stereocenters. The summed E-state index contributed by atoms with van der Waals surface area (Å²) in [5.74, 6) is -0.330. The number of hydrogen-bond donors (Lipinski definition) is 2. The maximum atomic E-state index is 12.7. The highest BCUT2D eigenvalue weighted by molar-refractivity contribution is 7.90. The lowest BCUT2D eigenvalue weighted by Crippen LogP contribution is -2.19. The van der Waals surface area contributed by atoms with E-state index in [1.54, 1.807) is 31.3 Å². The van der Waals surface area contributed by atoms with Crippen LogP contribution in [-0.2, 0) is 14.6 Å². The molecule has 0 radical (unpaired) electrons. The first-order valence-electron chi connectivity index (χ1n) is 11.0. The highest BCUT2D eigenvalue weighted by Crippen LogP contribution is 2.32. The lowest BCUT2D eigenvalue weighted by Gasteiger charge is -2.14. The maximum absolute atomic E-state index is 12.7. The van der Waals surface area contributed by atoms with E-state index in [1.807, 2.05) is 18.2 Å². The van der Waals surface area contributed by atoms with Crippen molar-refractivity contribution in [3.8, 4) is 16.9 Å². The number of hydrogen-bond acceptors (Lipinski definition) is 7. The van der Waals surface area contributed by atoms with Gasteiger partial charge in [-0.3, -0.25) is 4.79 Å². The van der Waals surface area contributed by atoms with Crippen molar-refractivity contribution in [3.05, 3.63) is 60.8 Å². The van der Waals surface area contributed by atoms with Gasteiger partial charge in [0.05, 0.1) is 10.6 Å². The highest BCUT2D eigenvalue weighted by atomic mass is 32.2. The molecule has 2 heterocycles. The van der Waals surface area contributed by atoms with Gasteiger partial charge in [0.15, 0.2) is 22.1 Å². The Bertz CT molecular complexity index is 1550. The predicted molar refractivity (Wildman–Crippen MR) is 132 cm³/mol. The van der Waals surface area contributed by atoms with Gasteiger partial charge in [0, 0.05) is 36.2 Å². The number of carbonyl (C=O) groups excluding carboxylic acids is 1. The molecular formula is C24H22F3N5O4S. The Morgan fingerprint density at radius 3 is 2.41 bits per heavy atom. The molecule has 0 bridgehead atoms. The standard InChI is InChI=1S/C24H22F3N5O4S/c1-3-22(33)28-17-7-4-15(5-8-17)16-6-11-21-30-23(31-32(21)13-16)29-19-10-9-18(37(2,34)35)12-20(19)36-14-24(25,26)27/h4-13H,3,14H2,1-2H3,(H,28,33)(H,29,31). The van der Waals surface area contributed by atoms with Crippen LogP contribution in [0.4, 0.5) is 30.5 Å². The van der Waals surface area contributed by atoms with Crippen molar-refractivity contribution < 1.29 is 31.1 Å². The van der Waals surface area contributed by atoms with Gasteiger partial charge in [-0.15, -0.1) is 5.10 Å². The third-order valence-corrected chi connectivity index (χ3v) is 6.28. The number of benzene rings is 2. The number of rotatable bonds is 8. The second-order valence-electron chi connectivity index (χ2n) is 8.09. The van der Waals surface area contributed by atoms with Gasteiger partial charge in [0.2, 0.25) is 11.9 Å². The summed E-state index contributed by atoms with van der Waals surface area (Å²) in [4.78, 5) is 15.7. The molecule has 0 spiro atoms. The smallest absolute Gasteiger partial charge is 0.422 e. The molecule has 0 aliphatic rings. The molecule has 0 aliphatic carbocycles. The van der Waals surface area contributed by atoms with Crippen LogP contribution in [0.15, 0.2) is 65.7 Å². The number of aromatic nitrogens is 3. The minimum Gasteiger partial charge on any atom is -0.482 e. The van der Waals surface area contributed by atoms with E-state index in [-0.39, 0.29) is 28.2 Å². The zero-order valence-electron chi connectivity index (χ0n) is 19.7. The second-order valence-corrected chi connectivity index (χ2v) is 10.1. The topological polar surface area (TPSA) is 115 Å². The fourth-order valence-electron chi connectivity index (χ4n) is 3.34. The molecule has 9 nitrogen and oxygen atoms in total. The van der Waals surface area contributed by atoms with Crippen molar-refractivity contribution in [1.82, 2.24) is 14.6 Å². The molecule has 0 aliphatic heterocycles. The number of anilines is 3. The molecule has 37 heavy (non-hydrogen) atoms. The van der Waals surface area contributed by atoms with Crippen molar-refractivity contribution in [2.75, 3.05) is 23.5 Å². The van der Waals surface area contributed by atoms with E-state index >= 15 is 0 Å². The van der Waals surface area contributed by atoms with Crippen LogP contribution in [0, 0.1) is 0 Å². The number of amides is 1. The summed E-state index contributed by atoms with van der Waals surface area (Å²) in [6, 6.07) is 14.3. The van der Waals surface area contributed by atoms with Gasteiger partial charge in [0.25, 0.3) is 0 Å². The minimum absolute atomic E-state index is 0.0671. The van der Waals surface area contributed by atoms with Gasteiger partial charge in [-0.25, -0.2) is 12.9 Å². The van der Waals surface area contributed by atoms with E-state index in [1.165, 1.54) is 16.6 Å². The first-order valence-corrected chi connectivity index (χ1v) is 12.9. The van der Waals surface area contributed by atoms with E-state index in [2.05, 4.69) is 20.7 Å². The summed E-state index contributed by atoms with van der Waals surface area (Å²) >= 11 is 0. The zero-order chi connectivity index (χ0) is 26.8. The largest absolute Gasteiger partial charge is 0.482 e. The van der Waals surface area contributed by atoms with E-state index < -0.39 is 22.6 Å². The van der Waals surface area contributed by atoms with Crippen molar-refractivity contribution >= 4 is 38.7 Å².